The van der Waals surface area contributed by atoms with E-state index in [-0.39, 0.29) is 23.5 Å². The predicted molar refractivity (Wildman–Crippen MR) is 66.0 cm³/mol. The molecule has 0 aliphatic rings. The number of halogens is 2. The van der Waals surface area contributed by atoms with Crippen molar-refractivity contribution in [2.45, 2.75) is 26.1 Å². The Morgan fingerprint density at radius 1 is 1.35 bits per heavy atom. The van der Waals surface area contributed by atoms with Crippen LogP contribution in [0, 0.1) is 5.92 Å². The molecule has 2 unspecified atom stereocenters. The molecule has 0 radical (unpaired) electrons. The second-order valence-corrected chi connectivity index (χ2v) is 4.28. The van der Waals surface area contributed by atoms with Crippen molar-refractivity contribution in [2.75, 3.05) is 7.11 Å². The monoisotopic (exact) mass is 290 g/mol. The van der Waals surface area contributed by atoms with Gasteiger partial charge in [-0.25, -0.2) is 0 Å². The molecule has 0 amide bonds. The molecule has 112 valence electrons. The lowest BCUT2D eigenvalue weighted by molar-refractivity contribution is -0.142. The lowest BCUT2D eigenvalue weighted by Gasteiger charge is -2.16. The lowest BCUT2D eigenvalue weighted by atomic mass is 9.98. The summed E-state index contributed by atoms with van der Waals surface area (Å²) in [4.78, 5) is 10.7. The number of carboxylic acid groups (broad SMARTS) is 1. The number of aliphatic hydroxyl groups excluding tert-OH is 1. The summed E-state index contributed by atoms with van der Waals surface area (Å²) in [5.74, 6) is -1.90. The largest absolute Gasteiger partial charge is 0.493 e. The molecule has 1 aromatic rings. The van der Waals surface area contributed by atoms with Gasteiger partial charge in [-0.3, -0.25) is 4.79 Å². The van der Waals surface area contributed by atoms with E-state index in [1.807, 2.05) is 0 Å². The Labute approximate surface area is 114 Å². The molecule has 1 aromatic carbocycles. The number of methoxy groups -OCH3 is 1. The van der Waals surface area contributed by atoms with Crippen molar-refractivity contribution < 1.29 is 33.3 Å². The number of aliphatic carboxylic acids is 1. The van der Waals surface area contributed by atoms with Gasteiger partial charge < -0.3 is 19.7 Å². The van der Waals surface area contributed by atoms with E-state index in [9.17, 15) is 18.7 Å². The van der Waals surface area contributed by atoms with Crippen LogP contribution in [0.2, 0.25) is 0 Å². The van der Waals surface area contributed by atoms with Crippen LogP contribution >= 0.6 is 0 Å². The van der Waals surface area contributed by atoms with Gasteiger partial charge in [0.25, 0.3) is 0 Å². The second kappa shape index (κ2) is 7.04. The van der Waals surface area contributed by atoms with E-state index in [0.29, 0.717) is 0 Å². The maximum atomic E-state index is 12.3. The van der Waals surface area contributed by atoms with Crippen LogP contribution in [0.5, 0.6) is 11.5 Å². The zero-order valence-electron chi connectivity index (χ0n) is 11.0. The summed E-state index contributed by atoms with van der Waals surface area (Å²) in [6.45, 7) is -1.57. The highest BCUT2D eigenvalue weighted by Crippen LogP contribution is 2.33. The van der Waals surface area contributed by atoms with E-state index in [0.717, 1.165) is 0 Å². The molecular weight excluding hydrogens is 274 g/mol. The van der Waals surface area contributed by atoms with Crippen molar-refractivity contribution in [1.82, 2.24) is 0 Å². The summed E-state index contributed by atoms with van der Waals surface area (Å²) < 4.78 is 33.7. The molecule has 2 N–H and O–H groups in total. The van der Waals surface area contributed by atoms with Crippen molar-refractivity contribution in [2.24, 2.45) is 5.92 Å². The minimum absolute atomic E-state index is 0.0320. The Kier molecular flexibility index (Phi) is 5.69. The molecule has 0 saturated carbocycles. The number of ether oxygens (including phenoxy) is 2. The fourth-order valence-electron chi connectivity index (χ4n) is 1.66. The van der Waals surface area contributed by atoms with Gasteiger partial charge in [-0.05, 0) is 24.1 Å². The van der Waals surface area contributed by atoms with Crippen LogP contribution in [0.4, 0.5) is 8.78 Å². The fourth-order valence-corrected chi connectivity index (χ4v) is 1.66. The van der Waals surface area contributed by atoms with Gasteiger partial charge in [0, 0.05) is 0 Å². The standard InChI is InChI=1S/C13H16F2O5/c1-7(12(17)18)5-9(16)8-3-4-10(19-2)11(6-8)20-13(14)15/h3-4,6-7,9,13,16H,5H2,1-2H3,(H,17,18). The molecule has 0 aliphatic carbocycles. The maximum Gasteiger partial charge on any atom is 0.387 e. The van der Waals surface area contributed by atoms with Gasteiger partial charge in [0.2, 0.25) is 0 Å². The van der Waals surface area contributed by atoms with E-state index in [1.54, 1.807) is 0 Å². The number of hydrogen-bond acceptors (Lipinski definition) is 4. The van der Waals surface area contributed by atoms with Gasteiger partial charge in [0.1, 0.15) is 0 Å². The van der Waals surface area contributed by atoms with Gasteiger partial charge in [-0.15, -0.1) is 0 Å². The van der Waals surface area contributed by atoms with E-state index < -0.39 is 24.6 Å². The van der Waals surface area contributed by atoms with Crippen LogP contribution in [-0.4, -0.2) is 29.9 Å². The van der Waals surface area contributed by atoms with Gasteiger partial charge in [-0.2, -0.15) is 8.78 Å². The Bertz CT molecular complexity index is 464. The molecule has 0 fully saturated rings. The van der Waals surface area contributed by atoms with E-state index in [1.165, 1.54) is 32.2 Å². The Morgan fingerprint density at radius 2 is 2.00 bits per heavy atom. The van der Waals surface area contributed by atoms with Gasteiger partial charge in [0.15, 0.2) is 11.5 Å². The fraction of sp³-hybridized carbons (Fsp3) is 0.462. The Hall–Kier alpha value is -1.89. The molecule has 2 atom stereocenters. The topological polar surface area (TPSA) is 76.0 Å². The average molecular weight is 290 g/mol. The SMILES string of the molecule is COc1ccc(C(O)CC(C)C(=O)O)cc1OC(F)F. The highest BCUT2D eigenvalue weighted by atomic mass is 19.3. The molecule has 20 heavy (non-hydrogen) atoms. The minimum atomic E-state index is -3.02. The molecule has 0 aromatic heterocycles. The second-order valence-electron chi connectivity index (χ2n) is 4.28. The van der Waals surface area contributed by atoms with Crippen LogP contribution in [0.1, 0.15) is 25.0 Å². The molecule has 1 rings (SSSR count). The third kappa shape index (κ3) is 4.34. The first-order valence-electron chi connectivity index (χ1n) is 5.88. The third-order valence-electron chi connectivity index (χ3n) is 2.79. The van der Waals surface area contributed by atoms with Gasteiger partial charge in [-0.1, -0.05) is 13.0 Å². The van der Waals surface area contributed by atoms with Crippen LogP contribution in [-0.2, 0) is 4.79 Å². The van der Waals surface area contributed by atoms with Crippen LogP contribution < -0.4 is 9.47 Å². The summed E-state index contributed by atoms with van der Waals surface area (Å²) in [5, 5.41) is 18.7. The van der Waals surface area contributed by atoms with Crippen molar-refractivity contribution in [1.29, 1.82) is 0 Å². The number of rotatable bonds is 7. The van der Waals surface area contributed by atoms with Gasteiger partial charge in [0.05, 0.1) is 19.1 Å². The van der Waals surface area contributed by atoms with Gasteiger partial charge >= 0.3 is 12.6 Å². The number of carboxylic acids is 1. The molecule has 0 heterocycles. The maximum absolute atomic E-state index is 12.3. The average Bonchev–Trinajstić information content (AvgIpc) is 2.37. The number of carbonyl (C=O) groups is 1. The quantitative estimate of drug-likeness (QED) is 0.806. The Balaban J connectivity index is 2.92. The summed E-state index contributed by atoms with van der Waals surface area (Å²) in [5.41, 5.74) is 0.287. The first kappa shape index (κ1) is 16.2. The molecule has 0 saturated heterocycles. The molecule has 0 spiro atoms. The van der Waals surface area contributed by atoms with Crippen molar-refractivity contribution in [3.8, 4) is 11.5 Å². The Morgan fingerprint density at radius 3 is 2.50 bits per heavy atom. The highest BCUT2D eigenvalue weighted by Gasteiger charge is 2.20. The number of alkyl halides is 2. The molecule has 0 aliphatic heterocycles. The zero-order chi connectivity index (χ0) is 15.3. The smallest absolute Gasteiger partial charge is 0.387 e. The van der Waals surface area contributed by atoms with Crippen LogP contribution in [0.3, 0.4) is 0 Å². The third-order valence-corrected chi connectivity index (χ3v) is 2.79. The summed E-state index contributed by atoms with van der Waals surface area (Å²) in [6.07, 6.45) is -1.12. The predicted octanol–water partition coefficient (Wildman–Crippen LogP) is 2.44. The number of aliphatic hydroxyl groups is 1. The van der Waals surface area contributed by atoms with Crippen molar-refractivity contribution >= 4 is 5.97 Å². The lowest BCUT2D eigenvalue weighted by Crippen LogP contribution is -2.14. The number of benzene rings is 1. The van der Waals surface area contributed by atoms with E-state index >= 15 is 0 Å². The van der Waals surface area contributed by atoms with Crippen LogP contribution in [0.25, 0.3) is 0 Å². The first-order chi connectivity index (χ1) is 9.35. The minimum Gasteiger partial charge on any atom is -0.493 e. The van der Waals surface area contributed by atoms with Crippen molar-refractivity contribution in [3.63, 3.8) is 0 Å². The summed E-state index contributed by atoms with van der Waals surface area (Å²) in [7, 11) is 1.30. The summed E-state index contributed by atoms with van der Waals surface area (Å²) in [6, 6.07) is 4.06. The molecule has 7 heteroatoms. The molecule has 5 nitrogen and oxygen atoms in total. The first-order valence-corrected chi connectivity index (χ1v) is 5.88. The highest BCUT2D eigenvalue weighted by molar-refractivity contribution is 5.69. The van der Waals surface area contributed by atoms with Crippen LogP contribution in [0.15, 0.2) is 18.2 Å². The van der Waals surface area contributed by atoms with E-state index in [2.05, 4.69) is 4.74 Å². The molecular formula is C13H16F2O5. The summed E-state index contributed by atoms with van der Waals surface area (Å²) >= 11 is 0. The van der Waals surface area contributed by atoms with Crippen molar-refractivity contribution in [3.05, 3.63) is 23.8 Å². The number of hydrogen-bond donors (Lipinski definition) is 2. The van der Waals surface area contributed by atoms with E-state index in [4.69, 9.17) is 9.84 Å². The normalized spacial score (nSPS) is 13.9. The molecule has 0 bridgehead atoms. The zero-order valence-corrected chi connectivity index (χ0v) is 11.0.